The van der Waals surface area contributed by atoms with Crippen LogP contribution in [0, 0.1) is 0 Å². The molecule has 112 valence electrons. The first-order valence-corrected chi connectivity index (χ1v) is 8.21. The molecule has 0 spiro atoms. The zero-order valence-electron chi connectivity index (χ0n) is 13.3. The van der Waals surface area contributed by atoms with Gasteiger partial charge in [-0.05, 0) is 24.0 Å². The highest BCUT2D eigenvalue weighted by Crippen LogP contribution is 2.23. The Morgan fingerprint density at radius 2 is 1.14 bits per heavy atom. The minimum Gasteiger partial charge on any atom is -0.303 e. The van der Waals surface area contributed by atoms with Crippen LogP contribution >= 0.6 is 0 Å². The summed E-state index contributed by atoms with van der Waals surface area (Å²) in [7, 11) is 0. The molecule has 0 heterocycles. The lowest BCUT2D eigenvalue weighted by molar-refractivity contribution is 0.414. The van der Waals surface area contributed by atoms with E-state index in [-0.39, 0.29) is 6.04 Å². The Bertz CT molecular complexity index is 446. The molecule has 2 aromatic rings. The maximum Gasteiger partial charge on any atom is 0.0578 e. The topological polar surface area (TPSA) is 12.0 Å². The quantitative estimate of drug-likeness (QED) is 0.689. The molecule has 0 unspecified atom stereocenters. The number of benzene rings is 2. The van der Waals surface area contributed by atoms with Crippen LogP contribution in [0.1, 0.15) is 56.7 Å². The fourth-order valence-corrected chi connectivity index (χ4v) is 2.92. The van der Waals surface area contributed by atoms with Crippen LogP contribution in [0.15, 0.2) is 60.7 Å². The van der Waals surface area contributed by atoms with Crippen LogP contribution in [0.3, 0.4) is 0 Å². The van der Waals surface area contributed by atoms with Crippen LogP contribution in [0.25, 0.3) is 0 Å². The van der Waals surface area contributed by atoms with Gasteiger partial charge in [-0.15, -0.1) is 0 Å². The Labute approximate surface area is 129 Å². The highest BCUT2D eigenvalue weighted by atomic mass is 14.9. The molecule has 0 aromatic heterocycles. The van der Waals surface area contributed by atoms with Crippen molar-refractivity contribution in [1.82, 2.24) is 5.32 Å². The molecule has 21 heavy (non-hydrogen) atoms. The van der Waals surface area contributed by atoms with Gasteiger partial charge in [0.15, 0.2) is 0 Å². The summed E-state index contributed by atoms with van der Waals surface area (Å²) in [6.45, 7) is 4.54. The van der Waals surface area contributed by atoms with E-state index in [1.807, 2.05) is 0 Å². The van der Waals surface area contributed by atoms with Gasteiger partial charge in [-0.2, -0.15) is 0 Å². The number of hydrogen-bond acceptors (Lipinski definition) is 1. The van der Waals surface area contributed by atoms with Gasteiger partial charge in [0.1, 0.15) is 0 Å². The van der Waals surface area contributed by atoms with Gasteiger partial charge in [0, 0.05) is 6.04 Å². The average Bonchev–Trinajstić information content (AvgIpc) is 2.54. The van der Waals surface area contributed by atoms with E-state index in [2.05, 4.69) is 79.8 Å². The first kappa shape index (κ1) is 15.8. The molecule has 0 saturated heterocycles. The molecule has 0 saturated carbocycles. The van der Waals surface area contributed by atoms with Crippen molar-refractivity contribution in [3.8, 4) is 0 Å². The van der Waals surface area contributed by atoms with Crippen LogP contribution in [0.5, 0.6) is 0 Å². The summed E-state index contributed by atoms with van der Waals surface area (Å²) >= 11 is 0. The second kappa shape index (κ2) is 8.63. The van der Waals surface area contributed by atoms with Gasteiger partial charge in [0.25, 0.3) is 0 Å². The van der Waals surface area contributed by atoms with Crippen molar-refractivity contribution < 1.29 is 0 Å². The molecule has 1 heteroatoms. The van der Waals surface area contributed by atoms with Crippen molar-refractivity contribution in [2.75, 3.05) is 0 Å². The van der Waals surface area contributed by atoms with Gasteiger partial charge in [-0.25, -0.2) is 0 Å². The Kier molecular flexibility index (Phi) is 6.49. The molecule has 1 nitrogen and oxygen atoms in total. The molecule has 0 radical (unpaired) electrons. The second-order valence-corrected chi connectivity index (χ2v) is 5.70. The van der Waals surface area contributed by atoms with E-state index in [1.54, 1.807) is 0 Å². The third-order valence-corrected chi connectivity index (χ3v) is 3.94. The first-order chi connectivity index (χ1) is 10.3. The van der Waals surface area contributed by atoms with Crippen molar-refractivity contribution in [1.29, 1.82) is 0 Å². The molecule has 2 aromatic carbocycles. The Hall–Kier alpha value is -1.60. The van der Waals surface area contributed by atoms with E-state index in [0.717, 1.165) is 0 Å². The largest absolute Gasteiger partial charge is 0.303 e. The lowest BCUT2D eigenvalue weighted by Crippen LogP contribution is -2.33. The van der Waals surface area contributed by atoms with Crippen LogP contribution in [0.2, 0.25) is 0 Å². The summed E-state index contributed by atoms with van der Waals surface area (Å²) in [4.78, 5) is 0. The predicted octanol–water partition coefficient (Wildman–Crippen LogP) is 5.33. The molecule has 2 rings (SSSR count). The molecule has 0 aliphatic rings. The average molecular weight is 281 g/mol. The standard InChI is InChI=1S/C20H27N/c1-3-11-19(12-4-2)21-20(17-13-7-5-8-14-17)18-15-9-6-10-16-18/h5-10,13-16,19-21H,3-4,11-12H2,1-2H3. The zero-order chi connectivity index (χ0) is 14.9. The number of rotatable bonds is 8. The van der Waals surface area contributed by atoms with Crippen molar-refractivity contribution in [3.63, 3.8) is 0 Å². The van der Waals surface area contributed by atoms with Gasteiger partial charge in [0.05, 0.1) is 6.04 Å². The van der Waals surface area contributed by atoms with E-state index in [4.69, 9.17) is 0 Å². The maximum absolute atomic E-state index is 3.89. The van der Waals surface area contributed by atoms with Crippen molar-refractivity contribution in [2.45, 2.75) is 51.6 Å². The van der Waals surface area contributed by atoms with Crippen molar-refractivity contribution >= 4 is 0 Å². The van der Waals surface area contributed by atoms with Crippen LogP contribution in [-0.4, -0.2) is 6.04 Å². The Balaban J connectivity index is 2.24. The minimum atomic E-state index is 0.288. The molecule has 1 N–H and O–H groups in total. The number of hydrogen-bond donors (Lipinski definition) is 1. The van der Waals surface area contributed by atoms with E-state index >= 15 is 0 Å². The Morgan fingerprint density at radius 1 is 0.714 bits per heavy atom. The van der Waals surface area contributed by atoms with Crippen molar-refractivity contribution in [2.24, 2.45) is 0 Å². The molecule has 0 aliphatic carbocycles. The summed E-state index contributed by atoms with van der Waals surface area (Å²) in [6, 6.07) is 22.4. The van der Waals surface area contributed by atoms with Crippen molar-refractivity contribution in [3.05, 3.63) is 71.8 Å². The minimum absolute atomic E-state index is 0.288. The molecule has 0 atom stereocenters. The van der Waals surface area contributed by atoms with Gasteiger partial charge < -0.3 is 5.32 Å². The van der Waals surface area contributed by atoms with E-state index in [1.165, 1.54) is 36.8 Å². The third-order valence-electron chi connectivity index (χ3n) is 3.94. The third kappa shape index (κ3) is 4.71. The smallest absolute Gasteiger partial charge is 0.0578 e. The summed E-state index contributed by atoms with van der Waals surface area (Å²) < 4.78 is 0. The zero-order valence-corrected chi connectivity index (χ0v) is 13.3. The van der Waals surface area contributed by atoms with Gasteiger partial charge in [0.2, 0.25) is 0 Å². The normalized spacial score (nSPS) is 11.2. The van der Waals surface area contributed by atoms with Crippen LogP contribution in [0.4, 0.5) is 0 Å². The monoisotopic (exact) mass is 281 g/mol. The summed E-state index contributed by atoms with van der Waals surface area (Å²) in [5.74, 6) is 0. The van der Waals surface area contributed by atoms with E-state index in [9.17, 15) is 0 Å². The fourth-order valence-electron chi connectivity index (χ4n) is 2.92. The summed E-state index contributed by atoms with van der Waals surface area (Å²) in [5, 5.41) is 3.89. The SMILES string of the molecule is CCCC(CCC)NC(c1ccccc1)c1ccccc1. The molecule has 0 fully saturated rings. The van der Waals surface area contributed by atoms with E-state index < -0.39 is 0 Å². The van der Waals surface area contributed by atoms with Crippen LogP contribution < -0.4 is 5.32 Å². The number of nitrogens with one attached hydrogen (secondary N) is 1. The molecule has 0 bridgehead atoms. The molecule has 0 amide bonds. The first-order valence-electron chi connectivity index (χ1n) is 8.21. The lowest BCUT2D eigenvalue weighted by Gasteiger charge is -2.26. The predicted molar refractivity (Wildman–Crippen MR) is 91.5 cm³/mol. The van der Waals surface area contributed by atoms with Crippen LogP contribution in [-0.2, 0) is 0 Å². The molecule has 0 aliphatic heterocycles. The lowest BCUT2D eigenvalue weighted by atomic mass is 9.96. The summed E-state index contributed by atoms with van der Waals surface area (Å²) in [5.41, 5.74) is 2.70. The fraction of sp³-hybridized carbons (Fsp3) is 0.400. The summed E-state index contributed by atoms with van der Waals surface area (Å²) in [6.07, 6.45) is 4.94. The highest BCUT2D eigenvalue weighted by Gasteiger charge is 2.17. The second-order valence-electron chi connectivity index (χ2n) is 5.70. The highest BCUT2D eigenvalue weighted by molar-refractivity contribution is 5.31. The molecular weight excluding hydrogens is 254 g/mol. The van der Waals surface area contributed by atoms with Gasteiger partial charge >= 0.3 is 0 Å². The molecular formula is C20H27N. The van der Waals surface area contributed by atoms with E-state index in [0.29, 0.717) is 6.04 Å². The van der Waals surface area contributed by atoms with Gasteiger partial charge in [-0.3, -0.25) is 0 Å². The maximum atomic E-state index is 3.89. The Morgan fingerprint density at radius 3 is 1.52 bits per heavy atom. The van der Waals surface area contributed by atoms with Gasteiger partial charge in [-0.1, -0.05) is 87.4 Å².